The van der Waals surface area contributed by atoms with Crippen LogP contribution < -0.4 is 10.2 Å². The fourth-order valence-corrected chi connectivity index (χ4v) is 4.85. The van der Waals surface area contributed by atoms with Crippen molar-refractivity contribution in [3.63, 3.8) is 0 Å². The summed E-state index contributed by atoms with van der Waals surface area (Å²) in [7, 11) is 0. The number of para-hydroxylation sites is 2. The number of halogens is 2. The van der Waals surface area contributed by atoms with Crippen LogP contribution in [0.25, 0.3) is 16.9 Å². The third-order valence-electron chi connectivity index (χ3n) is 6.79. The Labute approximate surface area is 201 Å². The van der Waals surface area contributed by atoms with Gasteiger partial charge in [-0.1, -0.05) is 12.1 Å². The highest BCUT2D eigenvalue weighted by Crippen LogP contribution is 2.31. The molecule has 2 aliphatic rings. The smallest absolute Gasteiger partial charge is 0.306 e. The summed E-state index contributed by atoms with van der Waals surface area (Å²) in [5.74, 6) is 0.232. The zero-order valence-electron chi connectivity index (χ0n) is 19.2. The third-order valence-corrected chi connectivity index (χ3v) is 6.79. The number of nitrogens with one attached hydrogen (secondary N) is 1. The first-order chi connectivity index (χ1) is 17.0. The largest absolute Gasteiger partial charge is 0.481 e. The first-order valence-electron chi connectivity index (χ1n) is 11.9. The van der Waals surface area contributed by atoms with Gasteiger partial charge in [-0.05, 0) is 43.7 Å². The number of hydrogen-bond donors (Lipinski definition) is 2. The lowest BCUT2D eigenvalue weighted by atomic mass is 9.82. The average Bonchev–Trinajstić information content (AvgIpc) is 3.28. The minimum absolute atomic E-state index is 0.277. The van der Waals surface area contributed by atoms with Crippen LogP contribution in [0, 0.1) is 11.8 Å². The molecule has 5 rings (SSSR count). The van der Waals surface area contributed by atoms with Crippen molar-refractivity contribution in [1.82, 2.24) is 19.5 Å². The van der Waals surface area contributed by atoms with E-state index in [0.29, 0.717) is 80.2 Å². The SMILES string of the molecule is O=C(O)C1CCC(CNc2nc(N3CCOCC3)cc(-n3c(C(F)F)nc4ccccc43)n2)CC1. The standard InChI is InChI=1S/C24H28F2N6O3/c25-21(26)22-28-17-3-1-2-4-18(17)32(22)20-13-19(31-9-11-35-12-10-31)29-24(30-20)27-14-15-5-7-16(8-6-15)23(33)34/h1-4,13,15-16,21H,5-12,14H2,(H,33,34)(H,27,29,30). The molecule has 1 aliphatic heterocycles. The fraction of sp³-hybridized carbons (Fsp3) is 0.500. The lowest BCUT2D eigenvalue weighted by Crippen LogP contribution is -2.37. The Bertz CT molecular complexity index is 1190. The van der Waals surface area contributed by atoms with Crippen molar-refractivity contribution >= 4 is 28.8 Å². The zero-order valence-corrected chi connectivity index (χ0v) is 19.2. The molecule has 1 saturated carbocycles. The molecular formula is C24H28F2N6O3. The van der Waals surface area contributed by atoms with Crippen LogP contribution in [0.1, 0.15) is 37.9 Å². The van der Waals surface area contributed by atoms with E-state index in [-0.39, 0.29) is 11.7 Å². The van der Waals surface area contributed by atoms with Gasteiger partial charge in [0.05, 0.1) is 30.2 Å². The number of nitrogens with zero attached hydrogens (tertiary/aromatic N) is 5. The molecule has 9 nitrogen and oxygen atoms in total. The summed E-state index contributed by atoms with van der Waals surface area (Å²) in [5, 5.41) is 12.5. The lowest BCUT2D eigenvalue weighted by molar-refractivity contribution is -0.143. The number of carbonyl (C=O) groups is 1. The molecule has 0 spiro atoms. The first-order valence-corrected chi connectivity index (χ1v) is 11.9. The molecule has 2 aromatic heterocycles. The van der Waals surface area contributed by atoms with Crippen molar-refractivity contribution in [1.29, 1.82) is 0 Å². The van der Waals surface area contributed by atoms with E-state index >= 15 is 0 Å². The third kappa shape index (κ3) is 5.04. The number of carboxylic acids is 1. The molecular weight excluding hydrogens is 458 g/mol. The monoisotopic (exact) mass is 486 g/mol. The van der Waals surface area contributed by atoms with Crippen molar-refractivity contribution in [2.75, 3.05) is 43.1 Å². The first kappa shape index (κ1) is 23.4. The number of ether oxygens (including phenoxy) is 1. The van der Waals surface area contributed by atoms with Crippen LogP contribution in [-0.4, -0.2) is 63.4 Å². The van der Waals surface area contributed by atoms with Crippen molar-refractivity contribution in [2.45, 2.75) is 32.1 Å². The number of alkyl halides is 2. The van der Waals surface area contributed by atoms with Gasteiger partial charge in [0.15, 0.2) is 5.82 Å². The van der Waals surface area contributed by atoms with Gasteiger partial charge in [0.25, 0.3) is 6.43 Å². The predicted molar refractivity (Wildman–Crippen MR) is 126 cm³/mol. The molecule has 186 valence electrons. The molecule has 2 N–H and O–H groups in total. The number of carboxylic acid groups (broad SMARTS) is 1. The molecule has 1 aliphatic carbocycles. The molecule has 0 unspecified atom stereocenters. The molecule has 0 amide bonds. The Morgan fingerprint density at radius 3 is 2.51 bits per heavy atom. The van der Waals surface area contributed by atoms with Gasteiger partial charge < -0.3 is 20.1 Å². The zero-order chi connectivity index (χ0) is 24.4. The van der Waals surface area contributed by atoms with Crippen LogP contribution in [0.3, 0.4) is 0 Å². The highest BCUT2D eigenvalue weighted by atomic mass is 19.3. The molecule has 11 heteroatoms. The highest BCUT2D eigenvalue weighted by molar-refractivity contribution is 5.78. The van der Waals surface area contributed by atoms with E-state index in [4.69, 9.17) is 4.74 Å². The number of morpholine rings is 1. The summed E-state index contributed by atoms with van der Waals surface area (Å²) in [5.41, 5.74) is 1.02. The van der Waals surface area contributed by atoms with Gasteiger partial charge in [-0.2, -0.15) is 9.97 Å². The van der Waals surface area contributed by atoms with Crippen LogP contribution in [-0.2, 0) is 9.53 Å². The maximum Gasteiger partial charge on any atom is 0.306 e. The number of rotatable bonds is 7. The number of imidazole rings is 1. The maximum atomic E-state index is 14.0. The van der Waals surface area contributed by atoms with E-state index in [0.717, 1.165) is 12.8 Å². The van der Waals surface area contributed by atoms with Crippen molar-refractivity contribution < 1.29 is 23.4 Å². The number of fused-ring (bicyclic) bond motifs is 1. The topological polar surface area (TPSA) is 105 Å². The fourth-order valence-electron chi connectivity index (χ4n) is 4.85. The second-order valence-electron chi connectivity index (χ2n) is 9.04. The van der Waals surface area contributed by atoms with E-state index in [1.54, 1.807) is 30.3 Å². The van der Waals surface area contributed by atoms with E-state index < -0.39 is 12.4 Å². The van der Waals surface area contributed by atoms with Gasteiger partial charge in [0.2, 0.25) is 5.95 Å². The Morgan fingerprint density at radius 2 is 1.80 bits per heavy atom. The normalized spacial score (nSPS) is 20.9. The minimum atomic E-state index is -2.77. The van der Waals surface area contributed by atoms with Crippen LogP contribution in [0.2, 0.25) is 0 Å². The molecule has 2 fully saturated rings. The Balaban J connectivity index is 1.47. The molecule has 1 saturated heterocycles. The van der Waals surface area contributed by atoms with Crippen molar-refractivity contribution in [2.24, 2.45) is 11.8 Å². The molecule has 0 bridgehead atoms. The molecule has 1 aromatic carbocycles. The second kappa shape index (κ2) is 10.1. The predicted octanol–water partition coefficient (Wildman–Crippen LogP) is 3.89. The quantitative estimate of drug-likeness (QED) is 0.518. The molecule has 3 heterocycles. The summed E-state index contributed by atoms with van der Waals surface area (Å²) < 4.78 is 34.8. The van der Waals surface area contributed by atoms with Gasteiger partial charge in [-0.3, -0.25) is 9.36 Å². The number of benzene rings is 1. The summed E-state index contributed by atoms with van der Waals surface area (Å²) >= 11 is 0. The van der Waals surface area contributed by atoms with E-state index in [1.807, 2.05) is 0 Å². The van der Waals surface area contributed by atoms with Crippen molar-refractivity contribution in [3.05, 3.63) is 36.2 Å². The number of aromatic nitrogens is 4. The van der Waals surface area contributed by atoms with Crippen LogP contribution in [0.5, 0.6) is 0 Å². The van der Waals surface area contributed by atoms with Gasteiger partial charge in [0, 0.05) is 25.7 Å². The highest BCUT2D eigenvalue weighted by Gasteiger charge is 2.27. The summed E-state index contributed by atoms with van der Waals surface area (Å²) in [6.45, 7) is 2.99. The number of hydrogen-bond acceptors (Lipinski definition) is 7. The Kier molecular flexibility index (Phi) is 6.76. The van der Waals surface area contributed by atoms with Crippen molar-refractivity contribution in [3.8, 4) is 5.82 Å². The van der Waals surface area contributed by atoms with Crippen LogP contribution in [0.15, 0.2) is 30.3 Å². The van der Waals surface area contributed by atoms with Crippen LogP contribution >= 0.6 is 0 Å². The Morgan fingerprint density at radius 1 is 1.09 bits per heavy atom. The lowest BCUT2D eigenvalue weighted by Gasteiger charge is -2.29. The molecule has 0 atom stereocenters. The van der Waals surface area contributed by atoms with E-state index in [2.05, 4.69) is 25.2 Å². The average molecular weight is 487 g/mol. The second-order valence-corrected chi connectivity index (χ2v) is 9.04. The van der Waals surface area contributed by atoms with Gasteiger partial charge >= 0.3 is 5.97 Å². The molecule has 3 aromatic rings. The minimum Gasteiger partial charge on any atom is -0.481 e. The summed E-state index contributed by atoms with van der Waals surface area (Å²) in [6, 6.07) is 8.72. The summed E-state index contributed by atoms with van der Waals surface area (Å²) in [6.07, 6.45) is 0.148. The number of aliphatic carboxylic acids is 1. The molecule has 0 radical (unpaired) electrons. The summed E-state index contributed by atoms with van der Waals surface area (Å²) in [4.78, 5) is 26.7. The van der Waals surface area contributed by atoms with Crippen LogP contribution in [0.4, 0.5) is 20.5 Å². The van der Waals surface area contributed by atoms with E-state index in [9.17, 15) is 18.7 Å². The number of anilines is 2. The van der Waals surface area contributed by atoms with Gasteiger partial charge in [-0.15, -0.1) is 0 Å². The maximum absolute atomic E-state index is 14.0. The van der Waals surface area contributed by atoms with Gasteiger partial charge in [0.1, 0.15) is 11.6 Å². The molecule has 35 heavy (non-hydrogen) atoms. The van der Waals surface area contributed by atoms with Gasteiger partial charge in [-0.25, -0.2) is 13.8 Å². The van der Waals surface area contributed by atoms with E-state index in [1.165, 1.54) is 4.57 Å². The Hall–Kier alpha value is -3.34.